The van der Waals surface area contributed by atoms with Gasteiger partial charge in [0, 0.05) is 74.6 Å². The second kappa shape index (κ2) is 39.6. The highest BCUT2D eigenvalue weighted by Crippen LogP contribution is 2.73. The molecule has 13 fully saturated rings. The monoisotopic (exact) mass is 1710 g/mol. The van der Waals surface area contributed by atoms with E-state index >= 15 is 0 Å². The van der Waals surface area contributed by atoms with Gasteiger partial charge in [-0.3, -0.25) is 28.8 Å². The average Bonchev–Trinajstić information content (AvgIpc) is 1.42. The number of ketones is 3. The van der Waals surface area contributed by atoms with E-state index in [0.717, 1.165) is 218 Å². The number of carbonyl (C=O) groups excluding carboxylic acids is 3. The quantitative estimate of drug-likeness (QED) is 0.0264. The fraction of sp³-hybridized carbons (Fsp3) is 0.943. The van der Waals surface area contributed by atoms with Crippen molar-refractivity contribution in [3.63, 3.8) is 0 Å². The lowest BCUT2D eigenvalue weighted by molar-refractivity contribution is -0.209. The van der Waals surface area contributed by atoms with Crippen LogP contribution in [-0.4, -0.2) is 145 Å². The standard InChI is InChI=1S/C105H174O17/c1-65(31-42-92(114)115)75-36-39-78-74-35-34-68-54-71(45-48-100(68,7)81(74)59-89(111)103(75,78)10)120-51-25-19-13-16-22-28-86(108)97(4)62-98(5,87(109)29-23-17-14-20-26-52-121-72-46-49-101(8)69(55-72)57-84(106)95-79-40-37-76(66(2)32-43-93(116)117)104(79,11)90(112)60-82(95)101)64-99(6,63-97)88(110)30-24-18-15-21-27-53-122-73-47-50-102(9)70(56-73)58-85(107)96-80-41-38-77(67(3)33-44-94(118)119)105(80,12)91(113)61-83(96)102/h65-85,89-91,95-96,106-107,111-113H,13-64H2,1-12H3,(H,114,115)(H,116,117)(H,118,119)/t65-,66-,67-,68-,69+,70+,71+,72+,73+,74+,75-,76-,77-,78?,79+,80+,81+,82+,83+,84-,85-,89+,90+,91+,95+,96+,97?,98?,99?,100+,101+,102+,103-,104-,105-/m1/s1. The smallest absolute Gasteiger partial charge is 0.303 e. The number of unbranched alkanes of at least 4 members (excludes halogenated alkanes) is 12. The highest BCUT2D eigenvalue weighted by molar-refractivity contribution is 5.92. The van der Waals surface area contributed by atoms with E-state index < -0.39 is 58.6 Å². The molecule has 3 unspecified atom stereocenters. The van der Waals surface area contributed by atoms with Crippen LogP contribution in [0.5, 0.6) is 0 Å². The molecule has 34 atom stereocenters. The predicted octanol–water partition coefficient (Wildman–Crippen LogP) is 21.4. The van der Waals surface area contributed by atoms with E-state index in [1.165, 1.54) is 12.8 Å². The Labute approximate surface area is 736 Å². The van der Waals surface area contributed by atoms with Gasteiger partial charge in [0.2, 0.25) is 0 Å². The lowest BCUT2D eigenvalue weighted by atomic mass is 9.43. The molecule has 13 rings (SSSR count). The minimum atomic E-state index is -0.796. The fourth-order valence-corrected chi connectivity index (χ4v) is 34.3. The average molecular weight is 1710 g/mol. The summed E-state index contributed by atoms with van der Waals surface area (Å²) in [6.07, 6.45) is 39.6. The van der Waals surface area contributed by atoms with Crippen molar-refractivity contribution in [2.45, 2.75) is 447 Å². The van der Waals surface area contributed by atoms with E-state index in [2.05, 4.69) is 83.1 Å². The molecule has 8 N–H and O–H groups in total. The maximum atomic E-state index is 14.9. The summed E-state index contributed by atoms with van der Waals surface area (Å²) >= 11 is 0. The van der Waals surface area contributed by atoms with Crippen molar-refractivity contribution < 1.29 is 83.8 Å². The van der Waals surface area contributed by atoms with E-state index in [4.69, 9.17) is 14.2 Å². The Morgan fingerprint density at radius 3 is 0.951 bits per heavy atom. The van der Waals surface area contributed by atoms with E-state index in [9.17, 15) is 69.6 Å². The zero-order valence-corrected chi connectivity index (χ0v) is 78.5. The molecule has 0 aromatic carbocycles. The van der Waals surface area contributed by atoms with E-state index in [-0.39, 0.29) is 153 Å². The van der Waals surface area contributed by atoms with Crippen LogP contribution in [0.15, 0.2) is 0 Å². The maximum absolute atomic E-state index is 14.9. The molecule has 17 heteroatoms. The number of ether oxygens (including phenoxy) is 3. The summed E-state index contributed by atoms with van der Waals surface area (Å²) in [5, 5.41) is 88.9. The van der Waals surface area contributed by atoms with Crippen LogP contribution in [0.2, 0.25) is 0 Å². The Balaban J connectivity index is 0.545. The molecule has 13 saturated carbocycles. The molecular weight excluding hydrogens is 1530 g/mol. The molecule has 0 amide bonds. The first-order chi connectivity index (χ1) is 57.8. The van der Waals surface area contributed by atoms with Crippen molar-refractivity contribution in [1.29, 1.82) is 0 Å². The van der Waals surface area contributed by atoms with Crippen LogP contribution in [0.1, 0.15) is 398 Å². The van der Waals surface area contributed by atoms with Gasteiger partial charge in [-0.15, -0.1) is 0 Å². The number of carbonyl (C=O) groups is 6. The number of rotatable bonds is 42. The minimum Gasteiger partial charge on any atom is -0.481 e. The molecular formula is C105H174O17. The molecule has 122 heavy (non-hydrogen) atoms. The van der Waals surface area contributed by atoms with Crippen LogP contribution in [0.25, 0.3) is 0 Å². The Kier molecular flexibility index (Phi) is 31.4. The van der Waals surface area contributed by atoms with Gasteiger partial charge in [0.05, 0.1) is 48.8 Å². The molecule has 13 aliphatic carbocycles. The first-order valence-electron chi connectivity index (χ1n) is 51.3. The van der Waals surface area contributed by atoms with Gasteiger partial charge in [-0.25, -0.2) is 0 Å². The first kappa shape index (κ1) is 96.7. The summed E-state index contributed by atoms with van der Waals surface area (Å²) in [7, 11) is 0. The maximum Gasteiger partial charge on any atom is 0.303 e. The van der Waals surface area contributed by atoms with Crippen molar-refractivity contribution >= 4 is 35.3 Å². The van der Waals surface area contributed by atoms with Gasteiger partial charge in [0.1, 0.15) is 17.3 Å². The number of aliphatic hydroxyl groups is 5. The molecule has 0 aliphatic heterocycles. The number of carboxylic acid groups (broad SMARTS) is 3. The number of aliphatic carboxylic acids is 3. The molecule has 13 aliphatic rings. The molecule has 0 saturated heterocycles. The minimum absolute atomic E-state index is 0.0345. The first-order valence-corrected chi connectivity index (χ1v) is 51.3. The van der Waals surface area contributed by atoms with Crippen LogP contribution in [0.3, 0.4) is 0 Å². The Bertz CT molecular complexity index is 3370. The van der Waals surface area contributed by atoms with Crippen molar-refractivity contribution in [1.82, 2.24) is 0 Å². The topological polar surface area (TPSA) is 292 Å². The summed E-state index contributed by atoms with van der Waals surface area (Å²) in [5.74, 6) is 4.14. The van der Waals surface area contributed by atoms with Crippen LogP contribution >= 0.6 is 0 Å². The van der Waals surface area contributed by atoms with E-state index in [1.807, 2.05) is 0 Å². The highest BCUT2D eigenvalue weighted by Gasteiger charge is 2.70. The number of carboxylic acids is 3. The Morgan fingerprint density at radius 2 is 0.607 bits per heavy atom. The molecule has 696 valence electrons. The second-order valence-electron chi connectivity index (χ2n) is 47.7. The van der Waals surface area contributed by atoms with Crippen molar-refractivity contribution in [2.24, 2.45) is 155 Å². The van der Waals surface area contributed by atoms with Crippen molar-refractivity contribution in [2.75, 3.05) is 19.8 Å². The van der Waals surface area contributed by atoms with Gasteiger partial charge in [-0.2, -0.15) is 0 Å². The predicted molar refractivity (Wildman–Crippen MR) is 476 cm³/mol. The van der Waals surface area contributed by atoms with Gasteiger partial charge in [-0.05, 0) is 357 Å². The van der Waals surface area contributed by atoms with Gasteiger partial charge >= 0.3 is 17.9 Å². The SMILES string of the molecule is C[C@H](CCC(=O)O)[C@H]1CCC2[C@@H]3CC[C@@H]4C[C@@H](OCCCCCCCC(=O)C5(C)CC(C)(C(=O)CCCCCCCO[C@H]6CC[C@@]7(C)[C@@H](C6)C[C@@H](O)[C@@H]6[C@@H]7C[C@H](O)[C@]7(C)[C@@H]([C@H](C)CCC(=O)O)CC[C@@H]67)CC(C)(C(=O)CCCCCCCO[C@H]6CC[C@@]7(C)[C@@H](C6)C[C@@H](O)[C@@H]6[C@@H]7C[C@H](O)[C@]7(C)[C@@H]([C@H](C)CCC(=O)O)CC[C@@H]67)C5)CC[C@]4(C)[C@H]3C[C@H](O)[C@@]21C. The molecule has 0 spiro atoms. The molecule has 0 aromatic heterocycles. The van der Waals surface area contributed by atoms with Crippen LogP contribution in [0, 0.1) is 155 Å². The largest absolute Gasteiger partial charge is 0.481 e. The van der Waals surface area contributed by atoms with Gasteiger partial charge < -0.3 is 55.1 Å². The number of hydrogen-bond acceptors (Lipinski definition) is 14. The third kappa shape index (κ3) is 19.4. The summed E-state index contributed by atoms with van der Waals surface area (Å²) in [6, 6.07) is 0. The molecule has 0 aromatic rings. The van der Waals surface area contributed by atoms with Crippen LogP contribution in [0.4, 0.5) is 0 Å². The van der Waals surface area contributed by atoms with Gasteiger partial charge in [-0.1, -0.05) is 141 Å². The lowest BCUT2D eigenvalue weighted by Crippen LogP contribution is -2.62. The molecule has 17 nitrogen and oxygen atoms in total. The van der Waals surface area contributed by atoms with Gasteiger partial charge in [0.15, 0.2) is 0 Å². The molecule has 0 radical (unpaired) electrons. The number of Topliss-reactive ketones (excluding diaryl/α,β-unsaturated/α-hetero) is 3. The second-order valence-corrected chi connectivity index (χ2v) is 47.7. The van der Waals surface area contributed by atoms with Crippen molar-refractivity contribution in [3.05, 3.63) is 0 Å². The van der Waals surface area contributed by atoms with E-state index in [0.29, 0.717) is 131 Å². The Hall–Kier alpha value is -2.90. The summed E-state index contributed by atoms with van der Waals surface area (Å²) in [4.78, 5) is 79.4. The number of aliphatic hydroxyl groups excluding tert-OH is 5. The fourth-order valence-electron chi connectivity index (χ4n) is 34.3. The highest BCUT2D eigenvalue weighted by atomic mass is 16.5. The zero-order valence-electron chi connectivity index (χ0n) is 78.5. The summed E-state index contributed by atoms with van der Waals surface area (Å²) < 4.78 is 20.0. The normalized spacial score (nSPS) is 45.2. The lowest BCUT2D eigenvalue weighted by Gasteiger charge is -2.63. The van der Waals surface area contributed by atoms with Crippen molar-refractivity contribution in [3.8, 4) is 0 Å². The molecule has 0 bridgehead atoms. The molecule has 0 heterocycles. The third-order valence-corrected chi connectivity index (χ3v) is 41.0. The van der Waals surface area contributed by atoms with Gasteiger partial charge in [0.25, 0.3) is 0 Å². The summed E-state index contributed by atoms with van der Waals surface area (Å²) in [5.41, 5.74) is -2.87. The summed E-state index contributed by atoms with van der Waals surface area (Å²) in [6.45, 7) is 29.2. The van der Waals surface area contributed by atoms with E-state index in [1.54, 1.807) is 0 Å². The Morgan fingerprint density at radius 1 is 0.311 bits per heavy atom. The number of fused-ring (bicyclic) bond motifs is 15. The number of hydrogen-bond donors (Lipinski definition) is 8. The van der Waals surface area contributed by atoms with Crippen LogP contribution < -0.4 is 0 Å². The zero-order chi connectivity index (χ0) is 87.9. The third-order valence-electron chi connectivity index (χ3n) is 41.0. The van der Waals surface area contributed by atoms with Crippen LogP contribution in [-0.2, 0) is 43.0 Å².